The summed E-state index contributed by atoms with van der Waals surface area (Å²) in [5.74, 6) is 5.88. The predicted octanol–water partition coefficient (Wildman–Crippen LogP) is 3.33. The standard InChI is InChI=1S/C18H23NO2/c1-2-13-12-7-15(14(13)3-1)16(8-12)19-9-11-4-5-17-18(6-11)21-10-20-17/h4-6,12-16,19H,1-3,7-10H2. The lowest BCUT2D eigenvalue weighted by Crippen LogP contribution is -2.38. The van der Waals surface area contributed by atoms with Crippen molar-refractivity contribution in [3.63, 3.8) is 0 Å². The van der Waals surface area contributed by atoms with Crippen LogP contribution in [0.2, 0.25) is 0 Å². The van der Waals surface area contributed by atoms with Crippen molar-refractivity contribution in [3.05, 3.63) is 23.8 Å². The maximum Gasteiger partial charge on any atom is 0.231 e. The molecule has 1 N–H and O–H groups in total. The second kappa shape index (κ2) is 4.64. The summed E-state index contributed by atoms with van der Waals surface area (Å²) >= 11 is 0. The van der Waals surface area contributed by atoms with Crippen LogP contribution in [0.1, 0.15) is 37.7 Å². The molecule has 1 aliphatic heterocycles. The molecule has 3 aliphatic carbocycles. The largest absolute Gasteiger partial charge is 0.454 e. The van der Waals surface area contributed by atoms with Gasteiger partial charge in [0.15, 0.2) is 11.5 Å². The molecule has 21 heavy (non-hydrogen) atoms. The van der Waals surface area contributed by atoms with Crippen molar-refractivity contribution in [2.24, 2.45) is 23.7 Å². The SMILES string of the molecule is c1cc2c(cc1CNC1CC3CC1C1CCCC31)OCO2. The van der Waals surface area contributed by atoms with Gasteiger partial charge in [0.25, 0.3) is 0 Å². The van der Waals surface area contributed by atoms with E-state index in [1.165, 1.54) is 37.7 Å². The Labute approximate surface area is 126 Å². The zero-order chi connectivity index (χ0) is 13.8. The van der Waals surface area contributed by atoms with Gasteiger partial charge in [0, 0.05) is 12.6 Å². The first-order valence-corrected chi connectivity index (χ1v) is 8.50. The van der Waals surface area contributed by atoms with Gasteiger partial charge in [-0.25, -0.2) is 0 Å². The van der Waals surface area contributed by atoms with Gasteiger partial charge in [-0.05, 0) is 67.1 Å². The molecular weight excluding hydrogens is 262 g/mol. The molecule has 4 aliphatic rings. The number of nitrogens with one attached hydrogen (secondary N) is 1. The number of fused-ring (bicyclic) bond motifs is 6. The highest BCUT2D eigenvalue weighted by atomic mass is 16.7. The van der Waals surface area contributed by atoms with Gasteiger partial charge >= 0.3 is 0 Å². The molecule has 0 spiro atoms. The lowest BCUT2D eigenvalue weighted by Gasteiger charge is -2.32. The van der Waals surface area contributed by atoms with E-state index in [1.54, 1.807) is 0 Å². The monoisotopic (exact) mass is 285 g/mol. The minimum Gasteiger partial charge on any atom is -0.454 e. The molecule has 2 bridgehead atoms. The average molecular weight is 285 g/mol. The van der Waals surface area contributed by atoms with E-state index in [2.05, 4.69) is 17.4 Å². The topological polar surface area (TPSA) is 30.5 Å². The second-order valence-electron chi connectivity index (χ2n) is 7.33. The molecule has 0 aromatic heterocycles. The summed E-state index contributed by atoms with van der Waals surface area (Å²) in [5.41, 5.74) is 1.31. The van der Waals surface area contributed by atoms with Crippen LogP contribution in [0.4, 0.5) is 0 Å². The van der Waals surface area contributed by atoms with Gasteiger partial charge in [-0.15, -0.1) is 0 Å². The van der Waals surface area contributed by atoms with Crippen LogP contribution in [0, 0.1) is 23.7 Å². The summed E-state index contributed by atoms with van der Waals surface area (Å²) in [4.78, 5) is 0. The van der Waals surface area contributed by atoms with E-state index in [-0.39, 0.29) is 0 Å². The van der Waals surface area contributed by atoms with Gasteiger partial charge in [-0.1, -0.05) is 12.5 Å². The highest BCUT2D eigenvalue weighted by Crippen LogP contribution is 2.58. The zero-order valence-corrected chi connectivity index (χ0v) is 12.4. The second-order valence-corrected chi connectivity index (χ2v) is 7.33. The van der Waals surface area contributed by atoms with Crippen LogP contribution in [0.25, 0.3) is 0 Å². The van der Waals surface area contributed by atoms with E-state index in [9.17, 15) is 0 Å². The van der Waals surface area contributed by atoms with E-state index < -0.39 is 0 Å². The van der Waals surface area contributed by atoms with Crippen LogP contribution in [-0.2, 0) is 6.54 Å². The van der Waals surface area contributed by atoms with E-state index in [0.717, 1.165) is 47.8 Å². The Kier molecular flexibility index (Phi) is 2.72. The van der Waals surface area contributed by atoms with E-state index >= 15 is 0 Å². The summed E-state index contributed by atoms with van der Waals surface area (Å²) in [5, 5.41) is 3.84. The van der Waals surface area contributed by atoms with E-state index in [0.29, 0.717) is 6.79 Å². The molecule has 5 rings (SSSR count). The highest BCUT2D eigenvalue weighted by Gasteiger charge is 2.53. The Morgan fingerprint density at radius 2 is 1.90 bits per heavy atom. The van der Waals surface area contributed by atoms with Crippen molar-refractivity contribution in [3.8, 4) is 11.5 Å². The number of hydrogen-bond acceptors (Lipinski definition) is 3. The van der Waals surface area contributed by atoms with Crippen LogP contribution >= 0.6 is 0 Å². The van der Waals surface area contributed by atoms with Gasteiger partial charge in [0.05, 0.1) is 0 Å². The molecule has 3 fully saturated rings. The third kappa shape index (κ3) is 1.90. The van der Waals surface area contributed by atoms with Gasteiger partial charge in [-0.2, -0.15) is 0 Å². The lowest BCUT2D eigenvalue weighted by atomic mass is 9.79. The van der Waals surface area contributed by atoms with Crippen LogP contribution in [0.5, 0.6) is 11.5 Å². The fourth-order valence-corrected chi connectivity index (χ4v) is 5.60. The van der Waals surface area contributed by atoms with Crippen molar-refractivity contribution in [2.45, 2.75) is 44.7 Å². The fraction of sp³-hybridized carbons (Fsp3) is 0.667. The average Bonchev–Trinajstić information content (AvgIpc) is 3.24. The van der Waals surface area contributed by atoms with Crippen molar-refractivity contribution in [2.75, 3.05) is 6.79 Å². The Morgan fingerprint density at radius 1 is 1.00 bits per heavy atom. The van der Waals surface area contributed by atoms with Crippen LogP contribution in [0.3, 0.4) is 0 Å². The highest BCUT2D eigenvalue weighted by molar-refractivity contribution is 5.44. The molecule has 3 nitrogen and oxygen atoms in total. The van der Waals surface area contributed by atoms with Crippen LogP contribution in [-0.4, -0.2) is 12.8 Å². The molecule has 3 heteroatoms. The quantitative estimate of drug-likeness (QED) is 0.924. The Morgan fingerprint density at radius 3 is 2.90 bits per heavy atom. The summed E-state index contributed by atoms with van der Waals surface area (Å²) in [7, 11) is 0. The van der Waals surface area contributed by atoms with Gasteiger partial charge in [-0.3, -0.25) is 0 Å². The maximum absolute atomic E-state index is 5.47. The van der Waals surface area contributed by atoms with Crippen molar-refractivity contribution in [1.29, 1.82) is 0 Å². The van der Waals surface area contributed by atoms with E-state index in [4.69, 9.17) is 9.47 Å². The van der Waals surface area contributed by atoms with Crippen LogP contribution in [0.15, 0.2) is 18.2 Å². The fourth-order valence-electron chi connectivity index (χ4n) is 5.60. The van der Waals surface area contributed by atoms with E-state index in [1.807, 2.05) is 6.07 Å². The number of rotatable bonds is 3. The summed E-state index contributed by atoms with van der Waals surface area (Å²) in [6.45, 7) is 1.32. The predicted molar refractivity (Wildman–Crippen MR) is 80.2 cm³/mol. The molecule has 0 amide bonds. The Hall–Kier alpha value is -1.22. The molecule has 1 aromatic rings. The number of ether oxygens (including phenoxy) is 2. The normalized spacial score (nSPS) is 39.0. The minimum atomic E-state index is 0.363. The molecule has 5 atom stereocenters. The molecule has 3 saturated carbocycles. The minimum absolute atomic E-state index is 0.363. The first-order chi connectivity index (χ1) is 10.4. The zero-order valence-electron chi connectivity index (χ0n) is 12.4. The van der Waals surface area contributed by atoms with Crippen LogP contribution < -0.4 is 14.8 Å². The molecule has 5 unspecified atom stereocenters. The Bertz CT molecular complexity index is 558. The van der Waals surface area contributed by atoms with Crippen molar-refractivity contribution in [1.82, 2.24) is 5.32 Å². The van der Waals surface area contributed by atoms with Gasteiger partial charge in [0.2, 0.25) is 6.79 Å². The van der Waals surface area contributed by atoms with Crippen molar-refractivity contribution >= 4 is 0 Å². The van der Waals surface area contributed by atoms with Gasteiger partial charge < -0.3 is 14.8 Å². The summed E-state index contributed by atoms with van der Waals surface area (Å²) < 4.78 is 10.8. The number of benzene rings is 1. The third-order valence-corrected chi connectivity index (χ3v) is 6.43. The molecule has 112 valence electrons. The van der Waals surface area contributed by atoms with Crippen molar-refractivity contribution < 1.29 is 9.47 Å². The first kappa shape index (κ1) is 12.3. The molecule has 0 radical (unpaired) electrons. The van der Waals surface area contributed by atoms with Gasteiger partial charge in [0.1, 0.15) is 0 Å². The maximum atomic E-state index is 5.47. The summed E-state index contributed by atoms with van der Waals surface area (Å²) in [6.07, 6.45) is 7.40. The Balaban J connectivity index is 1.25. The smallest absolute Gasteiger partial charge is 0.231 e. The number of hydrogen-bond donors (Lipinski definition) is 1. The molecular formula is C18H23NO2. The molecule has 1 heterocycles. The lowest BCUT2D eigenvalue weighted by molar-refractivity contribution is 0.174. The summed E-state index contributed by atoms with van der Waals surface area (Å²) in [6, 6.07) is 7.07. The third-order valence-electron chi connectivity index (χ3n) is 6.43. The first-order valence-electron chi connectivity index (χ1n) is 8.50. The molecule has 0 saturated heterocycles. The molecule has 1 aromatic carbocycles.